The molecule has 51 heavy (non-hydrogen) atoms. The number of phosphoric acid groups is 1. The van der Waals surface area contributed by atoms with Crippen LogP contribution in [-0.4, -0.2) is 17.5 Å². The Hall–Kier alpha value is -4.72. The standard InChI is InChI=1S/C42H43N2O6P/c1-29-14-17-36(30(2)24-29)40(39-19-15-31(3)50-39)44-41(45)42(21-22-42)35-16-18-38-37(25-35)34(26-43-38)20-23-47-51(46,48-27-32-10-6-4-7-11-32)49-28-33-12-8-5-9-13-33/h4-19,24-26,40,43H,20-23,27-28H2,1-3H3,(H,44,45). The van der Waals surface area contributed by atoms with E-state index in [0.29, 0.717) is 12.2 Å². The number of carbonyl (C=O) groups excluding carboxylic acids is 1. The number of hydrogen-bond acceptors (Lipinski definition) is 6. The van der Waals surface area contributed by atoms with Crippen molar-refractivity contribution < 1.29 is 27.3 Å². The Kier molecular flexibility index (Phi) is 10.1. The molecular weight excluding hydrogens is 659 g/mol. The number of aromatic amines is 1. The minimum Gasteiger partial charge on any atom is -0.464 e. The Balaban J connectivity index is 1.07. The predicted octanol–water partition coefficient (Wildman–Crippen LogP) is 9.72. The molecule has 1 aliphatic rings. The van der Waals surface area contributed by atoms with Gasteiger partial charge >= 0.3 is 7.82 Å². The molecule has 1 unspecified atom stereocenters. The Morgan fingerprint density at radius 3 is 2.14 bits per heavy atom. The molecule has 4 aromatic carbocycles. The summed E-state index contributed by atoms with van der Waals surface area (Å²) in [6.45, 7) is 6.35. The minimum absolute atomic E-state index is 0.0200. The number of aryl methyl sites for hydroxylation is 3. The van der Waals surface area contributed by atoms with E-state index in [1.165, 1.54) is 5.56 Å². The maximum Gasteiger partial charge on any atom is 0.475 e. The van der Waals surface area contributed by atoms with Gasteiger partial charge in [0.2, 0.25) is 5.91 Å². The smallest absolute Gasteiger partial charge is 0.464 e. The predicted molar refractivity (Wildman–Crippen MR) is 198 cm³/mol. The van der Waals surface area contributed by atoms with E-state index in [1.807, 2.05) is 98.0 Å². The van der Waals surface area contributed by atoms with Crippen LogP contribution < -0.4 is 5.32 Å². The van der Waals surface area contributed by atoms with Gasteiger partial charge in [0.15, 0.2) is 0 Å². The molecule has 2 N–H and O–H groups in total. The summed E-state index contributed by atoms with van der Waals surface area (Å²) >= 11 is 0. The molecule has 8 nitrogen and oxygen atoms in total. The molecule has 2 heterocycles. The topological polar surface area (TPSA) is 103 Å². The molecule has 0 aliphatic heterocycles. The van der Waals surface area contributed by atoms with Gasteiger partial charge in [0.05, 0.1) is 25.2 Å². The summed E-state index contributed by atoms with van der Waals surface area (Å²) in [5.74, 6) is 1.49. The van der Waals surface area contributed by atoms with Crippen LogP contribution in [0.5, 0.6) is 0 Å². The third-order valence-corrected chi connectivity index (χ3v) is 11.0. The summed E-state index contributed by atoms with van der Waals surface area (Å²) in [4.78, 5) is 17.5. The lowest BCUT2D eigenvalue weighted by Gasteiger charge is -2.23. The summed E-state index contributed by atoms with van der Waals surface area (Å²) < 4.78 is 37.4. The summed E-state index contributed by atoms with van der Waals surface area (Å²) in [6, 6.07) is 35.0. The van der Waals surface area contributed by atoms with E-state index >= 15 is 0 Å². The zero-order chi connectivity index (χ0) is 35.4. The molecule has 1 fully saturated rings. The van der Waals surface area contributed by atoms with Crippen molar-refractivity contribution in [3.05, 3.63) is 166 Å². The van der Waals surface area contributed by atoms with E-state index in [1.54, 1.807) is 0 Å². The quantitative estimate of drug-likeness (QED) is 0.103. The first-order valence-electron chi connectivity index (χ1n) is 17.4. The van der Waals surface area contributed by atoms with E-state index < -0.39 is 19.3 Å². The Bertz CT molecular complexity index is 2120. The van der Waals surface area contributed by atoms with Crippen LogP contribution in [0.4, 0.5) is 0 Å². The molecule has 0 spiro atoms. The first-order chi connectivity index (χ1) is 24.7. The van der Waals surface area contributed by atoms with E-state index in [2.05, 4.69) is 48.4 Å². The summed E-state index contributed by atoms with van der Waals surface area (Å²) in [6.07, 6.45) is 3.91. The number of H-pyrrole nitrogens is 1. The van der Waals surface area contributed by atoms with Crippen molar-refractivity contribution in [1.82, 2.24) is 10.3 Å². The third-order valence-electron chi connectivity index (χ3n) is 9.65. The highest BCUT2D eigenvalue weighted by Gasteiger charge is 2.52. The van der Waals surface area contributed by atoms with Crippen molar-refractivity contribution in [2.24, 2.45) is 0 Å². The van der Waals surface area contributed by atoms with Gasteiger partial charge in [0.1, 0.15) is 17.6 Å². The van der Waals surface area contributed by atoms with Crippen molar-refractivity contribution in [3.63, 3.8) is 0 Å². The number of benzene rings is 4. The van der Waals surface area contributed by atoms with Crippen LogP contribution in [0.25, 0.3) is 10.9 Å². The van der Waals surface area contributed by atoms with Crippen molar-refractivity contribution in [2.75, 3.05) is 6.61 Å². The van der Waals surface area contributed by atoms with Crippen molar-refractivity contribution in [2.45, 2.75) is 64.7 Å². The van der Waals surface area contributed by atoms with Crippen LogP contribution >= 0.6 is 7.82 Å². The second-order valence-corrected chi connectivity index (χ2v) is 15.1. The van der Waals surface area contributed by atoms with Crippen LogP contribution in [0.2, 0.25) is 0 Å². The number of carbonyl (C=O) groups is 1. The zero-order valence-corrected chi connectivity index (χ0v) is 30.1. The monoisotopic (exact) mass is 702 g/mol. The van der Waals surface area contributed by atoms with Crippen molar-refractivity contribution >= 4 is 24.6 Å². The second kappa shape index (κ2) is 14.9. The van der Waals surface area contributed by atoms with Gasteiger partial charge in [-0.3, -0.25) is 18.4 Å². The number of furan rings is 1. The van der Waals surface area contributed by atoms with Crippen molar-refractivity contribution in [3.8, 4) is 0 Å². The molecule has 1 atom stereocenters. The van der Waals surface area contributed by atoms with Gasteiger partial charge in [0.25, 0.3) is 0 Å². The highest BCUT2D eigenvalue weighted by Crippen LogP contribution is 2.52. The number of fused-ring (bicyclic) bond motifs is 1. The van der Waals surface area contributed by atoms with E-state index in [-0.39, 0.29) is 25.7 Å². The van der Waals surface area contributed by atoms with Crippen LogP contribution in [0.3, 0.4) is 0 Å². The van der Waals surface area contributed by atoms with Crippen molar-refractivity contribution in [1.29, 1.82) is 0 Å². The molecule has 0 radical (unpaired) electrons. The maximum atomic E-state index is 14.2. The lowest BCUT2D eigenvalue weighted by Crippen LogP contribution is -2.38. The Labute approximate surface area is 298 Å². The Morgan fingerprint density at radius 2 is 1.53 bits per heavy atom. The molecule has 1 amide bonds. The summed E-state index contributed by atoms with van der Waals surface area (Å²) in [7, 11) is -3.91. The number of nitrogens with one attached hydrogen (secondary N) is 2. The fourth-order valence-corrected chi connectivity index (χ4v) is 7.77. The fourth-order valence-electron chi connectivity index (χ4n) is 6.62. The van der Waals surface area contributed by atoms with Crippen LogP contribution in [0.1, 0.15) is 69.3 Å². The number of hydrogen-bond donors (Lipinski definition) is 2. The van der Waals surface area contributed by atoms with E-state index in [4.69, 9.17) is 18.0 Å². The fraction of sp³-hybridized carbons (Fsp3) is 0.262. The molecule has 262 valence electrons. The molecular formula is C42H43N2O6P. The van der Waals surface area contributed by atoms with E-state index in [0.717, 1.165) is 62.9 Å². The van der Waals surface area contributed by atoms with Gasteiger partial charge in [-0.2, -0.15) is 0 Å². The molecule has 7 rings (SSSR count). The zero-order valence-electron chi connectivity index (χ0n) is 29.2. The number of rotatable bonds is 15. The lowest BCUT2D eigenvalue weighted by atomic mass is 9.91. The second-order valence-electron chi connectivity index (χ2n) is 13.4. The lowest BCUT2D eigenvalue weighted by molar-refractivity contribution is -0.124. The molecule has 1 aliphatic carbocycles. The average molecular weight is 703 g/mol. The Morgan fingerprint density at radius 1 is 0.843 bits per heavy atom. The third kappa shape index (κ3) is 7.95. The van der Waals surface area contributed by atoms with Crippen LogP contribution in [0.15, 0.2) is 120 Å². The normalized spacial score (nSPS) is 14.4. The largest absolute Gasteiger partial charge is 0.475 e. The average Bonchev–Trinajstić information content (AvgIpc) is 3.70. The highest BCUT2D eigenvalue weighted by atomic mass is 31.2. The minimum atomic E-state index is -3.91. The molecule has 2 aromatic heterocycles. The van der Waals surface area contributed by atoms with Gasteiger partial charge in [-0.25, -0.2) is 4.57 Å². The van der Waals surface area contributed by atoms with Gasteiger partial charge in [0, 0.05) is 17.1 Å². The molecule has 1 saturated carbocycles. The SMILES string of the molecule is Cc1ccc(C(NC(=O)C2(c3ccc4[nH]cc(CCOP(=O)(OCc5ccccc5)OCc5ccccc5)c4c3)CC2)c2ccc(C)o2)c(C)c1. The molecule has 6 aromatic rings. The van der Waals surface area contributed by atoms with Gasteiger partial charge in [-0.15, -0.1) is 0 Å². The van der Waals surface area contributed by atoms with Crippen LogP contribution in [0, 0.1) is 20.8 Å². The van der Waals surface area contributed by atoms with Gasteiger partial charge in [-0.05, 0) is 97.7 Å². The molecule has 0 bridgehead atoms. The van der Waals surface area contributed by atoms with E-state index in [9.17, 15) is 9.36 Å². The first kappa shape index (κ1) is 34.7. The van der Waals surface area contributed by atoms with Gasteiger partial charge < -0.3 is 14.7 Å². The van der Waals surface area contributed by atoms with Gasteiger partial charge in [-0.1, -0.05) is 90.5 Å². The number of phosphoric ester groups is 1. The highest BCUT2D eigenvalue weighted by molar-refractivity contribution is 7.48. The maximum absolute atomic E-state index is 14.2. The first-order valence-corrected chi connectivity index (χ1v) is 18.8. The molecule has 0 saturated heterocycles. The van der Waals surface area contributed by atoms with Crippen LogP contribution in [-0.2, 0) is 48.0 Å². The number of amides is 1. The number of aromatic nitrogens is 1. The summed E-state index contributed by atoms with van der Waals surface area (Å²) in [5.41, 5.74) is 7.28. The summed E-state index contributed by atoms with van der Waals surface area (Å²) in [5, 5.41) is 4.35. The molecule has 9 heteroatoms.